The number of hydrogen-bond acceptors (Lipinski definition) is 4. The molecule has 0 aliphatic rings. The summed E-state index contributed by atoms with van der Waals surface area (Å²) < 4.78 is 2.04. The summed E-state index contributed by atoms with van der Waals surface area (Å²) in [6, 6.07) is 5.94. The van der Waals surface area contributed by atoms with Crippen molar-refractivity contribution in [2.75, 3.05) is 0 Å². The SMILES string of the molecule is Cc1nc2cc([C@@H](O)C/C=C/CCC[C@H](C)[C@H](C)[C@@H](C)C(=O)C(C)(C)/C=C/C(=O)O)ccc2n1C. The molecule has 6 nitrogen and oxygen atoms in total. The number of carboxylic acid groups (broad SMARTS) is 1. The van der Waals surface area contributed by atoms with Crippen molar-refractivity contribution in [3.63, 3.8) is 0 Å². The normalized spacial score (nSPS) is 16.1. The fourth-order valence-corrected chi connectivity index (χ4v) is 4.52. The van der Waals surface area contributed by atoms with Crippen molar-refractivity contribution in [3.8, 4) is 0 Å². The second-order valence-electron chi connectivity index (χ2n) is 10.5. The lowest BCUT2D eigenvalue weighted by molar-refractivity contribution is -0.131. The molecule has 0 fully saturated rings. The molecule has 0 saturated carbocycles. The minimum absolute atomic E-state index is 0.0716. The zero-order valence-electron chi connectivity index (χ0n) is 22.3. The van der Waals surface area contributed by atoms with Gasteiger partial charge in [0, 0.05) is 24.5 Å². The average Bonchev–Trinajstić information content (AvgIpc) is 3.10. The first kappa shape index (κ1) is 28.5. The summed E-state index contributed by atoms with van der Waals surface area (Å²) in [6.07, 6.45) is 9.66. The minimum Gasteiger partial charge on any atom is -0.478 e. The summed E-state index contributed by atoms with van der Waals surface area (Å²) in [4.78, 5) is 28.3. The molecule has 0 spiro atoms. The van der Waals surface area contributed by atoms with Crippen LogP contribution in [0, 0.1) is 30.1 Å². The summed E-state index contributed by atoms with van der Waals surface area (Å²) >= 11 is 0. The van der Waals surface area contributed by atoms with E-state index in [1.807, 2.05) is 49.7 Å². The van der Waals surface area contributed by atoms with E-state index in [0.29, 0.717) is 12.3 Å². The smallest absolute Gasteiger partial charge is 0.328 e. The predicted molar refractivity (Wildman–Crippen MR) is 141 cm³/mol. The Bertz CT molecular complexity index is 1080. The molecule has 2 rings (SSSR count). The van der Waals surface area contributed by atoms with Gasteiger partial charge in [0.2, 0.25) is 0 Å². The van der Waals surface area contributed by atoms with Gasteiger partial charge >= 0.3 is 5.97 Å². The highest BCUT2D eigenvalue weighted by Gasteiger charge is 2.33. The highest BCUT2D eigenvalue weighted by Crippen LogP contribution is 2.32. The number of carbonyl (C=O) groups excluding carboxylic acids is 1. The standard InChI is InChI=1S/C29H42N2O4/c1-19(20(2)21(3)28(35)29(5,6)17-16-27(33)34)12-10-8-9-11-13-26(32)23-14-15-25-24(18-23)30-22(4)31(25)7/h9,11,14-21,26,32H,8,10,12-13H2,1-7H3,(H,33,34)/b11-9+,17-16+/t19-,20-,21+,26-/m0/s1. The van der Waals surface area contributed by atoms with Gasteiger partial charge in [-0.25, -0.2) is 9.78 Å². The lowest BCUT2D eigenvalue weighted by Crippen LogP contribution is -2.33. The third-order valence-electron chi connectivity index (χ3n) is 7.45. The van der Waals surface area contributed by atoms with E-state index in [9.17, 15) is 14.7 Å². The van der Waals surface area contributed by atoms with Crippen LogP contribution in [0.3, 0.4) is 0 Å². The topological polar surface area (TPSA) is 92.4 Å². The summed E-state index contributed by atoms with van der Waals surface area (Å²) in [5.41, 5.74) is 2.05. The first-order valence-electron chi connectivity index (χ1n) is 12.6. The largest absolute Gasteiger partial charge is 0.478 e. The number of carbonyl (C=O) groups is 2. The van der Waals surface area contributed by atoms with E-state index in [1.54, 1.807) is 13.8 Å². The van der Waals surface area contributed by atoms with Crippen LogP contribution in [0.5, 0.6) is 0 Å². The van der Waals surface area contributed by atoms with E-state index >= 15 is 0 Å². The Balaban J connectivity index is 1.79. The van der Waals surface area contributed by atoms with Crippen LogP contribution in [0.1, 0.15) is 77.8 Å². The highest BCUT2D eigenvalue weighted by atomic mass is 16.4. The first-order valence-corrected chi connectivity index (χ1v) is 12.6. The van der Waals surface area contributed by atoms with Gasteiger partial charge in [-0.15, -0.1) is 0 Å². The van der Waals surface area contributed by atoms with E-state index in [-0.39, 0.29) is 17.6 Å². The van der Waals surface area contributed by atoms with Gasteiger partial charge in [-0.1, -0.05) is 51.5 Å². The number of aryl methyl sites for hydroxylation is 2. The second-order valence-corrected chi connectivity index (χ2v) is 10.5. The summed E-state index contributed by atoms with van der Waals surface area (Å²) in [7, 11) is 1.99. The van der Waals surface area contributed by atoms with Gasteiger partial charge < -0.3 is 14.8 Å². The van der Waals surface area contributed by atoms with Crippen molar-refractivity contribution in [3.05, 3.63) is 53.9 Å². The summed E-state index contributed by atoms with van der Waals surface area (Å²) in [5.74, 6) is 0.417. The monoisotopic (exact) mass is 482 g/mol. The van der Waals surface area contributed by atoms with E-state index in [2.05, 4.69) is 24.9 Å². The number of benzene rings is 1. The van der Waals surface area contributed by atoms with Gasteiger partial charge in [-0.05, 0) is 69.6 Å². The Labute approximate surface area is 209 Å². The molecule has 1 heterocycles. The molecule has 0 aliphatic heterocycles. The van der Waals surface area contributed by atoms with Crippen LogP contribution in [-0.4, -0.2) is 31.5 Å². The van der Waals surface area contributed by atoms with E-state index in [1.165, 1.54) is 6.08 Å². The van der Waals surface area contributed by atoms with Crippen LogP contribution in [0.25, 0.3) is 11.0 Å². The number of carboxylic acids is 1. The predicted octanol–water partition coefficient (Wildman–Crippen LogP) is 6.18. The van der Waals surface area contributed by atoms with E-state index in [4.69, 9.17) is 5.11 Å². The first-order chi connectivity index (χ1) is 16.3. The van der Waals surface area contributed by atoms with Crippen molar-refractivity contribution < 1.29 is 19.8 Å². The molecule has 35 heavy (non-hydrogen) atoms. The number of imidazole rings is 1. The van der Waals surface area contributed by atoms with Gasteiger partial charge in [0.25, 0.3) is 0 Å². The molecule has 4 atom stereocenters. The third-order valence-corrected chi connectivity index (χ3v) is 7.45. The molecule has 2 aromatic rings. The molecule has 0 radical (unpaired) electrons. The maximum absolute atomic E-state index is 12.9. The number of allylic oxidation sites excluding steroid dienone is 2. The van der Waals surface area contributed by atoms with Gasteiger partial charge in [0.15, 0.2) is 0 Å². The van der Waals surface area contributed by atoms with Crippen molar-refractivity contribution in [1.29, 1.82) is 0 Å². The Hall–Kier alpha value is -2.73. The minimum atomic E-state index is -1.04. The van der Waals surface area contributed by atoms with Gasteiger partial charge in [-0.2, -0.15) is 0 Å². The zero-order valence-corrected chi connectivity index (χ0v) is 22.3. The van der Waals surface area contributed by atoms with Crippen molar-refractivity contribution in [1.82, 2.24) is 9.55 Å². The number of unbranched alkanes of at least 4 members (excludes halogenated alkanes) is 1. The molecule has 0 bridgehead atoms. The van der Waals surface area contributed by atoms with Crippen LogP contribution in [0.15, 0.2) is 42.5 Å². The Morgan fingerprint density at radius 1 is 1.17 bits per heavy atom. The molecule has 0 unspecified atom stereocenters. The number of nitrogens with zero attached hydrogens (tertiary/aromatic N) is 2. The van der Waals surface area contributed by atoms with Crippen molar-refractivity contribution >= 4 is 22.8 Å². The molecule has 1 aromatic carbocycles. The Morgan fingerprint density at radius 3 is 2.51 bits per heavy atom. The molecule has 0 aliphatic carbocycles. The number of aliphatic carboxylic acids is 1. The quantitative estimate of drug-likeness (QED) is 0.202. The molecule has 1 aromatic heterocycles. The Morgan fingerprint density at radius 2 is 1.86 bits per heavy atom. The number of hydrogen-bond donors (Lipinski definition) is 2. The fraction of sp³-hybridized carbons (Fsp3) is 0.552. The summed E-state index contributed by atoms with van der Waals surface area (Å²) in [5, 5.41) is 19.4. The lowest BCUT2D eigenvalue weighted by atomic mass is 9.73. The maximum Gasteiger partial charge on any atom is 0.328 e. The fourth-order valence-electron chi connectivity index (χ4n) is 4.52. The molecule has 6 heteroatoms. The van der Waals surface area contributed by atoms with Crippen LogP contribution in [0.4, 0.5) is 0 Å². The van der Waals surface area contributed by atoms with Crippen molar-refractivity contribution in [2.45, 2.75) is 73.3 Å². The number of aliphatic hydroxyl groups is 1. The van der Waals surface area contributed by atoms with Gasteiger partial charge in [-0.3, -0.25) is 4.79 Å². The molecule has 2 N–H and O–H groups in total. The highest BCUT2D eigenvalue weighted by molar-refractivity contribution is 5.89. The van der Waals surface area contributed by atoms with Gasteiger partial charge in [0.1, 0.15) is 11.6 Å². The van der Waals surface area contributed by atoms with Crippen molar-refractivity contribution in [2.24, 2.45) is 30.2 Å². The van der Waals surface area contributed by atoms with Crippen LogP contribution < -0.4 is 0 Å². The molecular weight excluding hydrogens is 440 g/mol. The van der Waals surface area contributed by atoms with Crippen LogP contribution >= 0.6 is 0 Å². The molecule has 192 valence electrons. The molecular formula is C29H42N2O4. The maximum atomic E-state index is 12.9. The van der Waals surface area contributed by atoms with Gasteiger partial charge in [0.05, 0.1) is 17.1 Å². The van der Waals surface area contributed by atoms with Crippen LogP contribution in [-0.2, 0) is 16.6 Å². The molecule has 0 amide bonds. The molecule has 0 saturated heterocycles. The number of aromatic nitrogens is 2. The lowest BCUT2D eigenvalue weighted by Gasteiger charge is -2.30. The average molecular weight is 483 g/mol. The van der Waals surface area contributed by atoms with E-state index in [0.717, 1.165) is 47.8 Å². The van der Waals surface area contributed by atoms with Crippen LogP contribution in [0.2, 0.25) is 0 Å². The number of Topliss-reactive ketones (excluding diaryl/α,β-unsaturated/α-hetero) is 1. The summed E-state index contributed by atoms with van der Waals surface area (Å²) in [6.45, 7) is 11.8. The number of ketones is 1. The Kier molecular flexibility index (Phi) is 10.0. The number of rotatable bonds is 13. The number of aliphatic hydroxyl groups excluding tert-OH is 1. The number of fused-ring (bicyclic) bond motifs is 1. The van der Waals surface area contributed by atoms with E-state index < -0.39 is 17.5 Å². The zero-order chi connectivity index (χ0) is 26.3. The third kappa shape index (κ3) is 7.63. The second kappa shape index (κ2) is 12.3.